The highest BCUT2D eigenvalue weighted by Gasteiger charge is 2.14. The third-order valence-electron chi connectivity index (χ3n) is 4.44. The number of rotatable bonds is 7. The molecule has 4 rings (SSSR count). The van der Waals surface area contributed by atoms with Gasteiger partial charge in [0.2, 0.25) is 0 Å². The standard InChI is InChI=1S/C22H20N4OS.CH5N/c1-2-28-26-18-10-8-16(9-11-18)21-20(14-27)22(25-24-21)23-19-12-7-15-5-3-4-6-17(15)13-19;1-2/h3-14,26H,2H2,1H3,(H2,23,24,25);2H2,1H3. The minimum absolute atomic E-state index is 0.511. The molecule has 7 heteroatoms. The van der Waals surface area contributed by atoms with Gasteiger partial charge in [-0.3, -0.25) is 9.89 Å². The number of H-pyrrole nitrogens is 1. The third kappa shape index (κ3) is 4.82. The molecule has 0 fully saturated rings. The Labute approximate surface area is 180 Å². The molecule has 0 saturated carbocycles. The number of benzene rings is 3. The van der Waals surface area contributed by atoms with Crippen LogP contribution < -0.4 is 15.8 Å². The largest absolute Gasteiger partial charge is 0.338 e. The van der Waals surface area contributed by atoms with Crippen molar-refractivity contribution in [3.63, 3.8) is 0 Å². The van der Waals surface area contributed by atoms with E-state index in [1.165, 1.54) is 12.4 Å². The maximum Gasteiger partial charge on any atom is 0.163 e. The first kappa shape index (κ1) is 21.4. The molecule has 0 spiro atoms. The van der Waals surface area contributed by atoms with Crippen molar-refractivity contribution >= 4 is 46.2 Å². The zero-order valence-corrected chi connectivity index (χ0v) is 17.8. The number of carbonyl (C=O) groups excluding carboxylic acids is 1. The molecule has 0 amide bonds. The van der Waals surface area contributed by atoms with Crippen molar-refractivity contribution in [2.75, 3.05) is 22.8 Å². The monoisotopic (exact) mass is 419 g/mol. The summed E-state index contributed by atoms with van der Waals surface area (Å²) >= 11 is 1.64. The van der Waals surface area contributed by atoms with Crippen LogP contribution in [0.5, 0.6) is 0 Å². The predicted molar refractivity (Wildman–Crippen MR) is 129 cm³/mol. The molecule has 0 aliphatic heterocycles. The Balaban J connectivity index is 0.00000124. The molecular formula is C23H25N5OS. The number of hydrogen-bond donors (Lipinski definition) is 4. The molecule has 1 heterocycles. The van der Waals surface area contributed by atoms with E-state index in [0.717, 1.165) is 34.4 Å². The van der Waals surface area contributed by atoms with E-state index in [0.29, 0.717) is 17.1 Å². The molecule has 5 N–H and O–H groups in total. The van der Waals surface area contributed by atoms with E-state index < -0.39 is 0 Å². The average molecular weight is 420 g/mol. The number of aromatic nitrogens is 2. The number of aldehydes is 1. The van der Waals surface area contributed by atoms with Crippen molar-refractivity contribution in [2.45, 2.75) is 6.92 Å². The highest BCUT2D eigenvalue weighted by atomic mass is 32.2. The summed E-state index contributed by atoms with van der Waals surface area (Å²) < 4.78 is 3.26. The van der Waals surface area contributed by atoms with Gasteiger partial charge in [0.05, 0.1) is 11.3 Å². The molecule has 0 radical (unpaired) electrons. The SMILES string of the molecule is CCSNc1ccc(-c2[nH]nc(Nc3ccc4ccccc4c3)c2C=O)cc1.CN. The summed E-state index contributed by atoms with van der Waals surface area (Å²) in [5, 5.41) is 12.9. The van der Waals surface area contributed by atoms with Gasteiger partial charge in [-0.05, 0) is 42.1 Å². The third-order valence-corrected chi connectivity index (χ3v) is 5.11. The minimum atomic E-state index is 0.511. The Morgan fingerprint density at radius 1 is 1.00 bits per heavy atom. The fourth-order valence-corrected chi connectivity index (χ4v) is 3.49. The van der Waals surface area contributed by atoms with Crippen LogP contribution in [0.1, 0.15) is 17.3 Å². The number of hydrogen-bond acceptors (Lipinski definition) is 6. The van der Waals surface area contributed by atoms with Gasteiger partial charge >= 0.3 is 0 Å². The molecule has 4 aromatic rings. The van der Waals surface area contributed by atoms with Gasteiger partial charge in [-0.2, -0.15) is 5.10 Å². The molecule has 1 aromatic heterocycles. The molecule has 154 valence electrons. The molecule has 0 atom stereocenters. The van der Waals surface area contributed by atoms with E-state index in [1.807, 2.05) is 54.6 Å². The number of nitrogens with zero attached hydrogens (tertiary/aromatic N) is 1. The van der Waals surface area contributed by atoms with Gasteiger partial charge in [-0.1, -0.05) is 61.3 Å². The van der Waals surface area contributed by atoms with Crippen molar-refractivity contribution in [3.8, 4) is 11.3 Å². The summed E-state index contributed by atoms with van der Waals surface area (Å²) in [6.45, 7) is 2.09. The van der Waals surface area contributed by atoms with Crippen molar-refractivity contribution in [3.05, 3.63) is 72.3 Å². The second kappa shape index (κ2) is 10.5. The lowest BCUT2D eigenvalue weighted by Gasteiger charge is -2.07. The van der Waals surface area contributed by atoms with Crippen LogP contribution in [0, 0.1) is 0 Å². The molecule has 30 heavy (non-hydrogen) atoms. The molecule has 0 aliphatic rings. The lowest BCUT2D eigenvalue weighted by atomic mass is 10.1. The molecule has 0 bridgehead atoms. The minimum Gasteiger partial charge on any atom is -0.338 e. The van der Waals surface area contributed by atoms with Gasteiger partial charge in [0.1, 0.15) is 0 Å². The Hall–Kier alpha value is -3.29. The van der Waals surface area contributed by atoms with E-state index in [-0.39, 0.29) is 0 Å². The van der Waals surface area contributed by atoms with Gasteiger partial charge in [0.15, 0.2) is 12.1 Å². The van der Waals surface area contributed by atoms with Gasteiger partial charge in [-0.25, -0.2) is 0 Å². The summed E-state index contributed by atoms with van der Waals surface area (Å²) in [5.41, 5.74) is 8.53. The van der Waals surface area contributed by atoms with Crippen LogP contribution in [0.25, 0.3) is 22.0 Å². The molecular weight excluding hydrogens is 394 g/mol. The Kier molecular flexibility index (Phi) is 7.48. The van der Waals surface area contributed by atoms with Crippen molar-refractivity contribution in [1.29, 1.82) is 0 Å². The zero-order chi connectivity index (χ0) is 21.3. The number of carbonyl (C=O) groups is 1. The first-order valence-electron chi connectivity index (χ1n) is 9.64. The van der Waals surface area contributed by atoms with Gasteiger partial charge in [0.25, 0.3) is 0 Å². The van der Waals surface area contributed by atoms with Crippen LogP contribution in [-0.4, -0.2) is 29.3 Å². The van der Waals surface area contributed by atoms with Crippen LogP contribution in [0.15, 0.2) is 66.7 Å². The number of fused-ring (bicyclic) bond motifs is 1. The van der Waals surface area contributed by atoms with E-state index >= 15 is 0 Å². The van der Waals surface area contributed by atoms with Crippen LogP contribution in [-0.2, 0) is 0 Å². The average Bonchev–Trinajstić information content (AvgIpc) is 3.21. The fourth-order valence-electron chi connectivity index (χ4n) is 3.04. The Morgan fingerprint density at radius 2 is 1.70 bits per heavy atom. The first-order chi connectivity index (χ1) is 14.8. The van der Waals surface area contributed by atoms with Crippen molar-refractivity contribution in [2.24, 2.45) is 5.73 Å². The van der Waals surface area contributed by atoms with Crippen LogP contribution in [0.3, 0.4) is 0 Å². The summed E-state index contributed by atoms with van der Waals surface area (Å²) in [6.07, 6.45) is 0.835. The van der Waals surface area contributed by atoms with E-state index in [9.17, 15) is 4.79 Å². The predicted octanol–water partition coefficient (Wildman–Crippen LogP) is 5.44. The second-order valence-electron chi connectivity index (χ2n) is 6.28. The maximum atomic E-state index is 11.8. The smallest absolute Gasteiger partial charge is 0.163 e. The quantitative estimate of drug-likeness (QED) is 0.235. The van der Waals surface area contributed by atoms with Crippen LogP contribution >= 0.6 is 11.9 Å². The van der Waals surface area contributed by atoms with Gasteiger partial charge in [-0.15, -0.1) is 0 Å². The number of anilines is 3. The van der Waals surface area contributed by atoms with E-state index in [1.54, 1.807) is 11.9 Å². The van der Waals surface area contributed by atoms with Crippen molar-refractivity contribution in [1.82, 2.24) is 10.2 Å². The van der Waals surface area contributed by atoms with Gasteiger partial charge < -0.3 is 15.8 Å². The zero-order valence-electron chi connectivity index (χ0n) is 17.0. The summed E-state index contributed by atoms with van der Waals surface area (Å²) in [4.78, 5) is 11.8. The highest BCUT2D eigenvalue weighted by molar-refractivity contribution is 8.00. The normalized spacial score (nSPS) is 10.2. The molecule has 6 nitrogen and oxygen atoms in total. The van der Waals surface area contributed by atoms with Crippen LogP contribution in [0.2, 0.25) is 0 Å². The topological polar surface area (TPSA) is 95.8 Å². The summed E-state index contributed by atoms with van der Waals surface area (Å²) in [5.74, 6) is 1.51. The Bertz CT molecular complexity index is 1110. The van der Waals surface area contributed by atoms with Crippen LogP contribution in [0.4, 0.5) is 17.2 Å². The van der Waals surface area contributed by atoms with Crippen molar-refractivity contribution < 1.29 is 4.79 Å². The second-order valence-corrected chi connectivity index (χ2v) is 7.35. The van der Waals surface area contributed by atoms with E-state index in [4.69, 9.17) is 0 Å². The van der Waals surface area contributed by atoms with E-state index in [2.05, 4.69) is 45.0 Å². The first-order valence-corrected chi connectivity index (χ1v) is 10.6. The lowest BCUT2D eigenvalue weighted by Crippen LogP contribution is -1.95. The lowest BCUT2D eigenvalue weighted by molar-refractivity contribution is 0.112. The maximum absolute atomic E-state index is 11.8. The fraction of sp³-hybridized carbons (Fsp3) is 0.130. The number of nitrogens with one attached hydrogen (secondary N) is 3. The van der Waals surface area contributed by atoms with Gasteiger partial charge in [0, 0.05) is 22.7 Å². The highest BCUT2D eigenvalue weighted by Crippen LogP contribution is 2.29. The molecule has 3 aromatic carbocycles. The number of nitrogens with two attached hydrogens (primary N) is 1. The summed E-state index contributed by atoms with van der Waals surface area (Å²) in [6, 6.07) is 22.1. The summed E-state index contributed by atoms with van der Waals surface area (Å²) in [7, 11) is 1.50. The molecule has 0 unspecified atom stereocenters. The number of aromatic amines is 1. The molecule has 0 saturated heterocycles. The molecule has 0 aliphatic carbocycles. The Morgan fingerprint density at radius 3 is 2.40 bits per heavy atom.